The molecule has 0 unspecified atom stereocenters. The topological polar surface area (TPSA) is 59.4 Å². The standard InChI is InChI=1S/C27H22F3NO3/c1-2-3-14-34-21-11-8-18(9-12-21)17-4-6-19(7-5-17)25-16-23(26(32)33)22-15-20(27(28,29)30)10-13-24(22)31-25/h4-13,15-16H,2-3,14H2,1H3,(H,32,33). The van der Waals surface area contributed by atoms with Gasteiger partial charge in [0.15, 0.2) is 0 Å². The van der Waals surface area contributed by atoms with Gasteiger partial charge in [-0.1, -0.05) is 49.7 Å². The Balaban J connectivity index is 1.64. The molecule has 0 aliphatic heterocycles. The summed E-state index contributed by atoms with van der Waals surface area (Å²) in [5.74, 6) is -0.505. The van der Waals surface area contributed by atoms with Crippen molar-refractivity contribution in [2.45, 2.75) is 25.9 Å². The Morgan fingerprint density at radius 2 is 1.53 bits per heavy atom. The van der Waals surface area contributed by atoms with Gasteiger partial charge in [-0.25, -0.2) is 9.78 Å². The van der Waals surface area contributed by atoms with E-state index in [1.165, 1.54) is 12.1 Å². The van der Waals surface area contributed by atoms with E-state index in [0.717, 1.165) is 41.9 Å². The number of aromatic nitrogens is 1. The zero-order chi connectivity index (χ0) is 24.3. The van der Waals surface area contributed by atoms with Gasteiger partial charge in [0.25, 0.3) is 0 Å². The first-order valence-corrected chi connectivity index (χ1v) is 10.8. The molecule has 0 saturated heterocycles. The Labute approximate surface area is 194 Å². The third-order valence-electron chi connectivity index (χ3n) is 5.50. The highest BCUT2D eigenvalue weighted by molar-refractivity contribution is 6.04. The van der Waals surface area contributed by atoms with Gasteiger partial charge in [-0.15, -0.1) is 0 Å². The highest BCUT2D eigenvalue weighted by atomic mass is 19.4. The van der Waals surface area contributed by atoms with E-state index >= 15 is 0 Å². The van der Waals surface area contributed by atoms with Crippen molar-refractivity contribution in [3.05, 3.63) is 83.9 Å². The number of aromatic carboxylic acids is 1. The number of carbonyl (C=O) groups is 1. The summed E-state index contributed by atoms with van der Waals surface area (Å²) in [7, 11) is 0. The molecule has 3 aromatic carbocycles. The highest BCUT2D eigenvalue weighted by Crippen LogP contribution is 2.34. The number of pyridine rings is 1. The fourth-order valence-electron chi connectivity index (χ4n) is 3.64. The number of unbranched alkanes of at least 4 members (excludes halogenated alkanes) is 1. The highest BCUT2D eigenvalue weighted by Gasteiger charge is 2.31. The van der Waals surface area contributed by atoms with E-state index in [-0.39, 0.29) is 16.5 Å². The zero-order valence-electron chi connectivity index (χ0n) is 18.4. The van der Waals surface area contributed by atoms with E-state index < -0.39 is 17.7 Å². The molecule has 0 amide bonds. The molecule has 1 heterocycles. The third kappa shape index (κ3) is 5.03. The predicted molar refractivity (Wildman–Crippen MR) is 125 cm³/mol. The number of rotatable bonds is 7. The Morgan fingerprint density at radius 1 is 0.912 bits per heavy atom. The number of nitrogens with zero attached hydrogens (tertiary/aromatic N) is 1. The van der Waals surface area contributed by atoms with Gasteiger partial charge in [0, 0.05) is 10.9 Å². The van der Waals surface area contributed by atoms with Crippen molar-refractivity contribution in [2.24, 2.45) is 0 Å². The van der Waals surface area contributed by atoms with Crippen molar-refractivity contribution in [3.8, 4) is 28.1 Å². The minimum absolute atomic E-state index is 0.0519. The summed E-state index contributed by atoms with van der Waals surface area (Å²) in [5.41, 5.74) is 2.02. The number of halogens is 3. The number of carboxylic acid groups (broad SMARTS) is 1. The lowest BCUT2D eigenvalue weighted by atomic mass is 10.00. The molecule has 4 aromatic rings. The van der Waals surface area contributed by atoms with Crippen LogP contribution >= 0.6 is 0 Å². The normalized spacial score (nSPS) is 11.5. The van der Waals surface area contributed by atoms with Gasteiger partial charge in [0.2, 0.25) is 0 Å². The second-order valence-electron chi connectivity index (χ2n) is 7.89. The molecule has 0 atom stereocenters. The number of hydrogen-bond acceptors (Lipinski definition) is 3. The minimum atomic E-state index is -4.57. The summed E-state index contributed by atoms with van der Waals surface area (Å²) in [6.45, 7) is 2.79. The number of benzene rings is 3. The molecule has 0 bridgehead atoms. The van der Waals surface area contributed by atoms with Crippen LogP contribution in [0.2, 0.25) is 0 Å². The molecular formula is C27H22F3NO3. The fourth-order valence-corrected chi connectivity index (χ4v) is 3.64. The predicted octanol–water partition coefficient (Wildman–Crippen LogP) is 7.46. The summed E-state index contributed by atoms with van der Waals surface area (Å²) in [6.07, 6.45) is -2.50. The van der Waals surface area contributed by atoms with E-state index in [2.05, 4.69) is 11.9 Å². The lowest BCUT2D eigenvalue weighted by molar-refractivity contribution is -0.137. The molecular weight excluding hydrogens is 443 g/mol. The van der Waals surface area contributed by atoms with Crippen LogP contribution in [0.15, 0.2) is 72.8 Å². The average Bonchev–Trinajstić information content (AvgIpc) is 2.83. The first kappa shape index (κ1) is 23.3. The number of fused-ring (bicyclic) bond motifs is 1. The van der Waals surface area contributed by atoms with Gasteiger partial charge in [-0.3, -0.25) is 0 Å². The van der Waals surface area contributed by atoms with E-state index in [4.69, 9.17) is 4.74 Å². The summed E-state index contributed by atoms with van der Waals surface area (Å²) in [4.78, 5) is 16.2. The largest absolute Gasteiger partial charge is 0.494 e. The van der Waals surface area contributed by atoms with Crippen LogP contribution in [0.25, 0.3) is 33.3 Å². The molecule has 34 heavy (non-hydrogen) atoms. The van der Waals surface area contributed by atoms with Crippen molar-refractivity contribution < 1.29 is 27.8 Å². The average molecular weight is 465 g/mol. The van der Waals surface area contributed by atoms with Crippen LogP contribution in [0.1, 0.15) is 35.7 Å². The molecule has 0 fully saturated rings. The third-order valence-corrected chi connectivity index (χ3v) is 5.50. The Bertz CT molecular complexity index is 1310. The van der Waals surface area contributed by atoms with Crippen LogP contribution in [-0.4, -0.2) is 22.7 Å². The van der Waals surface area contributed by atoms with Gasteiger partial charge in [0.05, 0.1) is 28.9 Å². The van der Waals surface area contributed by atoms with E-state index in [1.54, 1.807) is 0 Å². The number of carboxylic acids is 1. The molecule has 4 nitrogen and oxygen atoms in total. The van der Waals surface area contributed by atoms with E-state index in [1.807, 2.05) is 48.5 Å². The molecule has 4 rings (SSSR count). The van der Waals surface area contributed by atoms with Crippen LogP contribution in [0.4, 0.5) is 13.2 Å². The van der Waals surface area contributed by atoms with Gasteiger partial charge < -0.3 is 9.84 Å². The molecule has 0 radical (unpaired) electrons. The number of hydrogen-bond donors (Lipinski definition) is 1. The van der Waals surface area contributed by atoms with Gasteiger partial charge in [-0.2, -0.15) is 13.2 Å². The van der Waals surface area contributed by atoms with Crippen LogP contribution in [-0.2, 0) is 6.18 Å². The maximum atomic E-state index is 13.1. The summed E-state index contributed by atoms with van der Waals surface area (Å²) in [5, 5.41) is 9.56. The SMILES string of the molecule is CCCCOc1ccc(-c2ccc(-c3cc(C(=O)O)c4cc(C(F)(F)F)ccc4n3)cc2)cc1. The monoisotopic (exact) mass is 465 g/mol. The van der Waals surface area contributed by atoms with Crippen LogP contribution < -0.4 is 4.74 Å². The summed E-state index contributed by atoms with van der Waals surface area (Å²) < 4.78 is 44.9. The van der Waals surface area contributed by atoms with Crippen LogP contribution in [0, 0.1) is 0 Å². The molecule has 1 N–H and O–H groups in total. The van der Waals surface area contributed by atoms with Crippen LogP contribution in [0.5, 0.6) is 5.75 Å². The second-order valence-corrected chi connectivity index (χ2v) is 7.89. The molecule has 174 valence electrons. The van der Waals surface area contributed by atoms with Gasteiger partial charge >= 0.3 is 12.1 Å². The second kappa shape index (κ2) is 9.55. The zero-order valence-corrected chi connectivity index (χ0v) is 18.4. The molecule has 7 heteroatoms. The number of alkyl halides is 3. The fraction of sp³-hybridized carbons (Fsp3) is 0.185. The first-order valence-electron chi connectivity index (χ1n) is 10.8. The van der Waals surface area contributed by atoms with Crippen molar-refractivity contribution in [3.63, 3.8) is 0 Å². The summed E-state index contributed by atoms with van der Waals surface area (Å²) >= 11 is 0. The molecule has 0 saturated carbocycles. The van der Waals surface area contributed by atoms with E-state index in [9.17, 15) is 23.1 Å². The molecule has 1 aromatic heterocycles. The molecule has 0 aliphatic rings. The van der Waals surface area contributed by atoms with E-state index in [0.29, 0.717) is 17.9 Å². The maximum absolute atomic E-state index is 13.1. The minimum Gasteiger partial charge on any atom is -0.494 e. The lowest BCUT2D eigenvalue weighted by Crippen LogP contribution is -2.06. The Kier molecular flexibility index (Phi) is 6.54. The Morgan fingerprint density at radius 3 is 2.12 bits per heavy atom. The summed E-state index contributed by atoms with van der Waals surface area (Å²) in [6, 6.07) is 19.4. The van der Waals surface area contributed by atoms with Crippen molar-refractivity contribution in [1.29, 1.82) is 0 Å². The number of ether oxygens (including phenoxy) is 1. The van der Waals surface area contributed by atoms with Gasteiger partial charge in [-0.05, 0) is 53.9 Å². The smallest absolute Gasteiger partial charge is 0.416 e. The van der Waals surface area contributed by atoms with Crippen molar-refractivity contribution in [1.82, 2.24) is 4.98 Å². The first-order chi connectivity index (χ1) is 16.3. The van der Waals surface area contributed by atoms with Crippen molar-refractivity contribution >= 4 is 16.9 Å². The van der Waals surface area contributed by atoms with Gasteiger partial charge in [0.1, 0.15) is 5.75 Å². The quantitative estimate of drug-likeness (QED) is 0.288. The maximum Gasteiger partial charge on any atom is 0.416 e. The molecule has 0 aliphatic carbocycles. The van der Waals surface area contributed by atoms with Crippen LogP contribution in [0.3, 0.4) is 0 Å². The lowest BCUT2D eigenvalue weighted by Gasteiger charge is -2.11. The molecule has 0 spiro atoms. The van der Waals surface area contributed by atoms with Crippen molar-refractivity contribution in [2.75, 3.05) is 6.61 Å². The Hall–Kier alpha value is -3.87.